The van der Waals surface area contributed by atoms with Crippen molar-refractivity contribution < 1.29 is 9.13 Å². The Morgan fingerprint density at radius 3 is 3.05 bits per heavy atom. The summed E-state index contributed by atoms with van der Waals surface area (Å²) in [7, 11) is 0. The highest BCUT2D eigenvalue weighted by Gasteiger charge is 2.14. The fourth-order valence-corrected chi connectivity index (χ4v) is 1.96. The Balaban J connectivity index is 2.06. The van der Waals surface area contributed by atoms with E-state index in [9.17, 15) is 4.39 Å². The van der Waals surface area contributed by atoms with Gasteiger partial charge in [-0.05, 0) is 19.1 Å². The van der Waals surface area contributed by atoms with Gasteiger partial charge < -0.3 is 10.1 Å². The maximum atomic E-state index is 13.9. The Bertz CT molecular complexity index is 791. The number of hydrogen-bond acceptors (Lipinski definition) is 5. The summed E-state index contributed by atoms with van der Waals surface area (Å²) in [5.41, 5.74) is 0.499. The number of rotatable bonds is 4. The number of hydrogen-bond donors (Lipinski definition) is 2. The molecule has 2 aromatic heterocycles. The highest BCUT2D eigenvalue weighted by Crippen LogP contribution is 2.31. The van der Waals surface area contributed by atoms with Gasteiger partial charge in [-0.15, -0.1) is 0 Å². The van der Waals surface area contributed by atoms with Gasteiger partial charge in [0, 0.05) is 6.54 Å². The fourth-order valence-electron chi connectivity index (χ4n) is 1.79. The van der Waals surface area contributed by atoms with E-state index in [2.05, 4.69) is 25.5 Å². The van der Waals surface area contributed by atoms with Gasteiger partial charge in [-0.3, -0.25) is 5.10 Å². The Morgan fingerprint density at radius 2 is 2.24 bits per heavy atom. The van der Waals surface area contributed by atoms with Gasteiger partial charge in [-0.25, -0.2) is 4.39 Å². The molecule has 3 aromatic rings. The van der Waals surface area contributed by atoms with Gasteiger partial charge >= 0.3 is 0 Å². The van der Waals surface area contributed by atoms with Crippen LogP contribution in [-0.4, -0.2) is 26.7 Å². The van der Waals surface area contributed by atoms with Gasteiger partial charge in [-0.1, -0.05) is 17.7 Å². The molecular weight excluding hydrogens is 297 g/mol. The first-order valence-electron chi connectivity index (χ1n) is 6.26. The highest BCUT2D eigenvalue weighted by molar-refractivity contribution is 6.30. The van der Waals surface area contributed by atoms with E-state index in [1.54, 1.807) is 6.07 Å². The van der Waals surface area contributed by atoms with Crippen LogP contribution in [0.3, 0.4) is 0 Å². The van der Waals surface area contributed by atoms with Crippen molar-refractivity contribution in [1.29, 1.82) is 0 Å². The van der Waals surface area contributed by atoms with Gasteiger partial charge in [0.2, 0.25) is 11.8 Å². The van der Waals surface area contributed by atoms with Crippen molar-refractivity contribution in [2.24, 2.45) is 0 Å². The second kappa shape index (κ2) is 5.53. The molecule has 0 bridgehead atoms. The van der Waals surface area contributed by atoms with Crippen LogP contribution in [0.2, 0.25) is 5.02 Å². The summed E-state index contributed by atoms with van der Waals surface area (Å²) in [5.74, 6) is -0.0804. The predicted octanol–water partition coefficient (Wildman–Crippen LogP) is 3.37. The number of nitrogens with zero attached hydrogens (tertiary/aromatic N) is 3. The third-order valence-electron chi connectivity index (χ3n) is 2.73. The maximum absolute atomic E-state index is 13.9. The topological polar surface area (TPSA) is 75.7 Å². The molecule has 0 spiro atoms. The van der Waals surface area contributed by atoms with Crippen molar-refractivity contribution in [2.75, 3.05) is 11.9 Å². The van der Waals surface area contributed by atoms with E-state index in [0.717, 1.165) is 0 Å². The monoisotopic (exact) mass is 307 g/mol. The minimum absolute atomic E-state index is 0.00820. The molecule has 21 heavy (non-hydrogen) atoms. The summed E-state index contributed by atoms with van der Waals surface area (Å²) in [4.78, 5) is 8.44. The van der Waals surface area contributed by atoms with Gasteiger partial charge in [0.1, 0.15) is 5.39 Å². The molecule has 3 rings (SSSR count). The third kappa shape index (κ3) is 2.59. The summed E-state index contributed by atoms with van der Waals surface area (Å²) in [6.45, 7) is 2.56. The standard InChI is InChI=1S/C13H11ClFN5O/c1-2-16-13-18-11-7(6-17-20-11)12(19-13)21-9-5-3-4-8(14)10(9)15/h3-6H,2H2,1H3,(H2,16,17,18,19,20). The molecule has 0 aliphatic carbocycles. The molecule has 0 aliphatic heterocycles. The zero-order valence-corrected chi connectivity index (χ0v) is 11.8. The van der Waals surface area contributed by atoms with E-state index in [-0.39, 0.29) is 16.7 Å². The van der Waals surface area contributed by atoms with Gasteiger partial charge in [0.15, 0.2) is 17.2 Å². The molecule has 0 radical (unpaired) electrons. The molecule has 0 atom stereocenters. The molecule has 8 heteroatoms. The molecule has 108 valence electrons. The van der Waals surface area contributed by atoms with E-state index >= 15 is 0 Å². The van der Waals surface area contributed by atoms with Crippen LogP contribution in [0.4, 0.5) is 10.3 Å². The van der Waals surface area contributed by atoms with E-state index in [1.807, 2.05) is 6.92 Å². The fraction of sp³-hybridized carbons (Fsp3) is 0.154. The minimum Gasteiger partial charge on any atom is -0.435 e. The van der Waals surface area contributed by atoms with Crippen LogP contribution in [0.1, 0.15) is 6.92 Å². The SMILES string of the molecule is CCNc1nc(Oc2cccc(Cl)c2F)c2cn[nH]c2n1. The number of fused-ring (bicyclic) bond motifs is 1. The van der Waals surface area contributed by atoms with Crippen molar-refractivity contribution >= 4 is 28.6 Å². The number of halogens is 2. The molecule has 2 heterocycles. The molecule has 0 fully saturated rings. The maximum Gasteiger partial charge on any atom is 0.235 e. The average Bonchev–Trinajstić information content (AvgIpc) is 2.93. The second-order valence-electron chi connectivity index (χ2n) is 4.17. The molecule has 0 aliphatic rings. The van der Waals surface area contributed by atoms with Gasteiger partial charge in [0.25, 0.3) is 0 Å². The highest BCUT2D eigenvalue weighted by atomic mass is 35.5. The quantitative estimate of drug-likeness (QED) is 0.773. The van der Waals surface area contributed by atoms with Crippen LogP contribution in [0.15, 0.2) is 24.4 Å². The number of H-pyrrole nitrogens is 1. The summed E-state index contributed by atoms with van der Waals surface area (Å²) in [6.07, 6.45) is 1.52. The largest absolute Gasteiger partial charge is 0.435 e. The number of anilines is 1. The zero-order chi connectivity index (χ0) is 14.8. The Labute approximate surface area is 124 Å². The molecule has 0 saturated carbocycles. The van der Waals surface area contributed by atoms with E-state index in [0.29, 0.717) is 23.5 Å². The van der Waals surface area contributed by atoms with Crippen molar-refractivity contribution in [1.82, 2.24) is 20.2 Å². The van der Waals surface area contributed by atoms with Crippen molar-refractivity contribution in [2.45, 2.75) is 6.92 Å². The second-order valence-corrected chi connectivity index (χ2v) is 4.58. The Hall–Kier alpha value is -2.41. The van der Waals surface area contributed by atoms with Crippen LogP contribution in [0.25, 0.3) is 11.0 Å². The summed E-state index contributed by atoms with van der Waals surface area (Å²) in [5, 5.41) is 10.1. The molecular formula is C13H11ClFN5O. The van der Waals surface area contributed by atoms with Gasteiger partial charge in [-0.2, -0.15) is 15.1 Å². The van der Waals surface area contributed by atoms with Crippen LogP contribution >= 0.6 is 11.6 Å². The van der Waals surface area contributed by atoms with Crippen molar-refractivity contribution in [3.05, 3.63) is 35.2 Å². The lowest BCUT2D eigenvalue weighted by atomic mass is 10.3. The van der Waals surface area contributed by atoms with Crippen LogP contribution in [-0.2, 0) is 0 Å². The number of benzene rings is 1. The Kier molecular flexibility index (Phi) is 3.57. The lowest BCUT2D eigenvalue weighted by Crippen LogP contribution is -2.03. The van der Waals surface area contributed by atoms with Crippen molar-refractivity contribution in [3.8, 4) is 11.6 Å². The lowest BCUT2D eigenvalue weighted by Gasteiger charge is -2.09. The molecule has 0 saturated heterocycles. The van der Waals surface area contributed by atoms with E-state index in [1.165, 1.54) is 18.3 Å². The first kappa shape index (κ1) is 13.6. The summed E-state index contributed by atoms with van der Waals surface area (Å²) < 4.78 is 19.5. The van der Waals surface area contributed by atoms with E-state index < -0.39 is 5.82 Å². The first-order chi connectivity index (χ1) is 10.2. The number of nitrogens with one attached hydrogen (secondary N) is 2. The minimum atomic E-state index is -0.639. The third-order valence-corrected chi connectivity index (χ3v) is 3.02. The number of aromatic nitrogens is 4. The molecule has 6 nitrogen and oxygen atoms in total. The Morgan fingerprint density at radius 1 is 1.38 bits per heavy atom. The normalized spacial score (nSPS) is 10.8. The average molecular weight is 308 g/mol. The van der Waals surface area contributed by atoms with Crippen LogP contribution in [0, 0.1) is 5.82 Å². The van der Waals surface area contributed by atoms with Crippen LogP contribution in [0.5, 0.6) is 11.6 Å². The van der Waals surface area contributed by atoms with Gasteiger partial charge in [0.05, 0.1) is 11.2 Å². The molecule has 2 N–H and O–H groups in total. The summed E-state index contributed by atoms with van der Waals surface area (Å²) in [6, 6.07) is 4.52. The number of ether oxygens (including phenoxy) is 1. The van der Waals surface area contributed by atoms with Crippen LogP contribution < -0.4 is 10.1 Å². The molecule has 0 unspecified atom stereocenters. The zero-order valence-electron chi connectivity index (χ0n) is 11.0. The van der Waals surface area contributed by atoms with Crippen molar-refractivity contribution in [3.63, 3.8) is 0 Å². The lowest BCUT2D eigenvalue weighted by molar-refractivity contribution is 0.432. The molecule has 1 aromatic carbocycles. The molecule has 0 amide bonds. The predicted molar refractivity (Wildman–Crippen MR) is 77.3 cm³/mol. The smallest absolute Gasteiger partial charge is 0.235 e. The first-order valence-corrected chi connectivity index (χ1v) is 6.63. The van der Waals surface area contributed by atoms with E-state index in [4.69, 9.17) is 16.3 Å². The number of aromatic amines is 1. The summed E-state index contributed by atoms with van der Waals surface area (Å²) >= 11 is 5.74.